The van der Waals surface area contributed by atoms with Crippen LogP contribution >= 0.6 is 0 Å². The van der Waals surface area contributed by atoms with Crippen molar-refractivity contribution in [2.45, 2.75) is 290 Å². The molecule has 0 aromatic carbocycles. The highest BCUT2D eigenvalue weighted by Gasteiger charge is 2.19. The van der Waals surface area contributed by atoms with Crippen molar-refractivity contribution in [3.8, 4) is 0 Å². The Labute approximate surface area is 505 Å². The SMILES string of the molecule is CC/C=C\C/C=C\C/C=C\C/C=C\C/C=C\C/C=C\C/C=C\C/C=C\CCCCCCCCC(=O)OCC(COC(=O)CCCC/C=C\C/C=C\C/C=C\C/C=C\CC)OC(=O)CCCCCCCCC/C=C\CCCCCCCCC. The van der Waals surface area contributed by atoms with Crippen LogP contribution in [0.1, 0.15) is 284 Å². The molecule has 0 aliphatic heterocycles. The molecule has 6 heteroatoms. The second kappa shape index (κ2) is 68.5. The van der Waals surface area contributed by atoms with E-state index in [1.165, 1.54) is 96.3 Å². The molecule has 0 heterocycles. The Morgan fingerprint density at radius 1 is 0.256 bits per heavy atom. The van der Waals surface area contributed by atoms with E-state index < -0.39 is 6.10 Å². The quantitative estimate of drug-likeness (QED) is 0.0261. The minimum Gasteiger partial charge on any atom is -0.462 e. The summed E-state index contributed by atoms with van der Waals surface area (Å²) in [4.78, 5) is 38.4. The zero-order chi connectivity index (χ0) is 59.2. The van der Waals surface area contributed by atoms with Gasteiger partial charge in [-0.05, 0) is 148 Å². The molecule has 0 saturated carbocycles. The first kappa shape index (κ1) is 77.0. The van der Waals surface area contributed by atoms with Gasteiger partial charge in [-0.1, -0.05) is 275 Å². The molecule has 0 radical (unpaired) electrons. The van der Waals surface area contributed by atoms with Gasteiger partial charge >= 0.3 is 17.9 Å². The summed E-state index contributed by atoms with van der Waals surface area (Å²) >= 11 is 0. The van der Waals surface area contributed by atoms with Gasteiger partial charge in [0.1, 0.15) is 13.2 Å². The number of rotatable bonds is 59. The molecule has 0 aromatic heterocycles. The highest BCUT2D eigenvalue weighted by atomic mass is 16.6. The smallest absolute Gasteiger partial charge is 0.306 e. The lowest BCUT2D eigenvalue weighted by atomic mass is 10.1. The monoisotopic (exact) mass is 1130 g/mol. The molecule has 0 fully saturated rings. The first-order valence-electron chi connectivity index (χ1n) is 33.5. The molecule has 1 atom stereocenters. The molecular formula is C76H122O6. The molecule has 0 amide bonds. The van der Waals surface area contributed by atoms with Crippen LogP contribution in [0.25, 0.3) is 0 Å². The molecule has 0 bridgehead atoms. The fourth-order valence-electron chi connectivity index (χ4n) is 8.80. The topological polar surface area (TPSA) is 78.9 Å². The van der Waals surface area contributed by atoms with Crippen molar-refractivity contribution in [2.75, 3.05) is 13.2 Å². The summed E-state index contributed by atoms with van der Waals surface area (Å²) < 4.78 is 16.9. The zero-order valence-corrected chi connectivity index (χ0v) is 52.9. The van der Waals surface area contributed by atoms with Crippen LogP contribution in [0, 0.1) is 0 Å². The number of hydrogen-bond donors (Lipinski definition) is 0. The molecule has 0 saturated heterocycles. The molecule has 462 valence electrons. The van der Waals surface area contributed by atoms with Crippen LogP contribution < -0.4 is 0 Å². The van der Waals surface area contributed by atoms with Crippen LogP contribution in [0.2, 0.25) is 0 Å². The van der Waals surface area contributed by atoms with Gasteiger partial charge in [-0.25, -0.2) is 0 Å². The summed E-state index contributed by atoms with van der Waals surface area (Å²) in [5.41, 5.74) is 0. The van der Waals surface area contributed by atoms with Gasteiger partial charge in [0.15, 0.2) is 6.10 Å². The Hall–Kier alpha value is -4.97. The summed E-state index contributed by atoms with van der Waals surface area (Å²) in [6.07, 6.45) is 99.7. The standard InChI is InChI=1S/C76H122O6/c1-4-7-10-13-16-19-22-25-28-30-32-33-34-35-36-37-38-39-40-41-42-43-44-46-48-51-54-57-60-63-66-69-75(78)81-72-73(71-80-74(77)68-65-62-59-56-53-50-47-27-24-21-18-15-12-9-6-3)82-76(79)70-67-64-61-58-55-52-49-45-31-29-26-23-20-17-14-11-8-5-2/h7,9-10,12,16,18-19,21,25,27-29,31-33,35-36,38-39,41-42,44,46-47,53,56,73H,4-6,8,11,13-15,17,20,22-24,26,30,34,37,40,43,45,48-52,54-55,57-72H2,1-3H3/b10-7-,12-9-,19-16-,21-18-,28-25-,31-29-,33-32-,36-35-,39-38-,42-41-,46-44-,47-27-,56-53-. The average molecular weight is 1130 g/mol. The van der Waals surface area contributed by atoms with Crippen LogP contribution in [0.5, 0.6) is 0 Å². The minimum atomic E-state index is -0.812. The van der Waals surface area contributed by atoms with Crippen molar-refractivity contribution < 1.29 is 28.6 Å². The van der Waals surface area contributed by atoms with E-state index >= 15 is 0 Å². The third kappa shape index (κ3) is 65.8. The van der Waals surface area contributed by atoms with Crippen molar-refractivity contribution in [1.82, 2.24) is 0 Å². The van der Waals surface area contributed by atoms with Gasteiger partial charge in [0.05, 0.1) is 0 Å². The third-order valence-electron chi connectivity index (χ3n) is 13.7. The number of esters is 3. The van der Waals surface area contributed by atoms with E-state index in [9.17, 15) is 14.4 Å². The first-order chi connectivity index (χ1) is 40.5. The maximum Gasteiger partial charge on any atom is 0.306 e. The van der Waals surface area contributed by atoms with Gasteiger partial charge in [-0.2, -0.15) is 0 Å². The molecule has 0 N–H and O–H groups in total. The second-order valence-corrected chi connectivity index (χ2v) is 21.6. The van der Waals surface area contributed by atoms with Crippen molar-refractivity contribution in [3.63, 3.8) is 0 Å². The number of ether oxygens (including phenoxy) is 3. The highest BCUT2D eigenvalue weighted by molar-refractivity contribution is 5.71. The van der Waals surface area contributed by atoms with Crippen molar-refractivity contribution in [3.05, 3.63) is 158 Å². The summed E-state index contributed by atoms with van der Waals surface area (Å²) in [5, 5.41) is 0. The summed E-state index contributed by atoms with van der Waals surface area (Å²) in [7, 11) is 0. The van der Waals surface area contributed by atoms with Crippen molar-refractivity contribution in [1.29, 1.82) is 0 Å². The largest absolute Gasteiger partial charge is 0.462 e. The number of hydrogen-bond acceptors (Lipinski definition) is 6. The maximum absolute atomic E-state index is 12.9. The molecule has 0 aromatic rings. The minimum absolute atomic E-state index is 0.106. The van der Waals surface area contributed by atoms with E-state index in [2.05, 4.69) is 179 Å². The van der Waals surface area contributed by atoms with Crippen LogP contribution in [0.15, 0.2) is 158 Å². The van der Waals surface area contributed by atoms with Crippen LogP contribution in [0.4, 0.5) is 0 Å². The van der Waals surface area contributed by atoms with E-state index in [1.54, 1.807) is 0 Å². The van der Waals surface area contributed by atoms with Gasteiger partial charge in [-0.15, -0.1) is 0 Å². The molecule has 0 aliphatic rings. The summed E-state index contributed by atoms with van der Waals surface area (Å²) in [6.45, 7) is 6.36. The van der Waals surface area contributed by atoms with E-state index in [-0.39, 0.29) is 31.1 Å². The molecule has 82 heavy (non-hydrogen) atoms. The number of allylic oxidation sites excluding steroid dienone is 26. The van der Waals surface area contributed by atoms with E-state index in [1.807, 2.05) is 0 Å². The number of carbonyl (C=O) groups is 3. The number of unbranched alkanes of at least 4 members (excludes halogenated alkanes) is 22. The molecule has 0 spiro atoms. The van der Waals surface area contributed by atoms with Gasteiger partial charge < -0.3 is 14.2 Å². The molecular weight excluding hydrogens is 1010 g/mol. The Kier molecular flexibility index (Phi) is 64.4. The van der Waals surface area contributed by atoms with Crippen LogP contribution in [-0.4, -0.2) is 37.2 Å². The zero-order valence-electron chi connectivity index (χ0n) is 52.9. The van der Waals surface area contributed by atoms with Crippen molar-refractivity contribution in [2.24, 2.45) is 0 Å². The normalized spacial score (nSPS) is 13.2. The average Bonchev–Trinajstić information content (AvgIpc) is 3.47. The summed E-state index contributed by atoms with van der Waals surface area (Å²) in [6, 6.07) is 0. The summed E-state index contributed by atoms with van der Waals surface area (Å²) in [5.74, 6) is -0.966. The predicted molar refractivity (Wildman–Crippen MR) is 357 cm³/mol. The van der Waals surface area contributed by atoms with E-state index in [0.717, 1.165) is 141 Å². The van der Waals surface area contributed by atoms with E-state index in [0.29, 0.717) is 25.7 Å². The number of carbonyl (C=O) groups excluding carboxylic acids is 3. The van der Waals surface area contributed by atoms with Crippen LogP contribution in [-0.2, 0) is 28.6 Å². The molecule has 6 nitrogen and oxygen atoms in total. The maximum atomic E-state index is 12.9. The predicted octanol–water partition coefficient (Wildman–Crippen LogP) is 23.3. The Bertz CT molecular complexity index is 1830. The van der Waals surface area contributed by atoms with Gasteiger partial charge in [-0.3, -0.25) is 14.4 Å². The van der Waals surface area contributed by atoms with Crippen LogP contribution in [0.3, 0.4) is 0 Å². The van der Waals surface area contributed by atoms with Crippen molar-refractivity contribution >= 4 is 17.9 Å². The van der Waals surface area contributed by atoms with Gasteiger partial charge in [0.2, 0.25) is 0 Å². The Morgan fingerprint density at radius 2 is 0.476 bits per heavy atom. The lowest BCUT2D eigenvalue weighted by Crippen LogP contribution is -2.30. The first-order valence-corrected chi connectivity index (χ1v) is 33.5. The highest BCUT2D eigenvalue weighted by Crippen LogP contribution is 2.15. The lowest BCUT2D eigenvalue weighted by Gasteiger charge is -2.18. The van der Waals surface area contributed by atoms with E-state index in [4.69, 9.17) is 14.2 Å². The molecule has 0 aliphatic carbocycles. The third-order valence-corrected chi connectivity index (χ3v) is 13.7. The molecule has 0 rings (SSSR count). The Balaban J connectivity index is 4.41. The fraction of sp³-hybridized carbons (Fsp3) is 0.618. The van der Waals surface area contributed by atoms with Gasteiger partial charge in [0.25, 0.3) is 0 Å². The lowest BCUT2D eigenvalue weighted by molar-refractivity contribution is -0.167. The Morgan fingerprint density at radius 3 is 0.780 bits per heavy atom. The molecule has 1 unspecified atom stereocenters. The second-order valence-electron chi connectivity index (χ2n) is 21.6. The fourth-order valence-corrected chi connectivity index (χ4v) is 8.80. The van der Waals surface area contributed by atoms with Gasteiger partial charge in [0, 0.05) is 19.3 Å².